The van der Waals surface area contributed by atoms with Gasteiger partial charge < -0.3 is 10.4 Å². The first-order valence-corrected chi connectivity index (χ1v) is 9.81. The van der Waals surface area contributed by atoms with E-state index in [2.05, 4.69) is 5.32 Å². The molecular weight excluding hydrogens is 394 g/mol. The molecule has 28 heavy (non-hydrogen) atoms. The molecule has 3 nitrogen and oxygen atoms in total. The number of aliphatic hydroxyl groups excluding tert-OH is 1. The van der Waals surface area contributed by atoms with Gasteiger partial charge in [0, 0.05) is 33.5 Å². The SMILES string of the molecule is O=C(Nc1cc(F)c(F)c(F)c1)c1ccc(F)c(S[C@H]2CCCC[C@@H](O)C2)c1. The summed E-state index contributed by atoms with van der Waals surface area (Å²) >= 11 is 1.27. The molecule has 0 aliphatic heterocycles. The van der Waals surface area contributed by atoms with Crippen LogP contribution in [0.5, 0.6) is 0 Å². The topological polar surface area (TPSA) is 49.3 Å². The highest BCUT2D eigenvalue weighted by Crippen LogP contribution is 2.35. The molecule has 1 aliphatic rings. The summed E-state index contributed by atoms with van der Waals surface area (Å²) in [5, 5.41) is 12.2. The van der Waals surface area contributed by atoms with E-state index in [1.165, 1.54) is 23.9 Å². The van der Waals surface area contributed by atoms with Crippen molar-refractivity contribution in [2.24, 2.45) is 0 Å². The van der Waals surface area contributed by atoms with E-state index in [0.29, 0.717) is 18.6 Å². The Morgan fingerprint density at radius 2 is 1.68 bits per heavy atom. The number of halogens is 4. The van der Waals surface area contributed by atoms with Gasteiger partial charge in [-0.05, 0) is 37.5 Å². The Balaban J connectivity index is 1.75. The number of carbonyl (C=O) groups excluding carboxylic acids is 1. The standard InChI is InChI=1S/C20H19F4NO2S/c21-15-6-5-11(7-18(15)28-14-4-2-1-3-13(26)10-14)20(27)25-12-8-16(22)19(24)17(23)9-12/h5-9,13-14,26H,1-4,10H2,(H,25,27)/t13-,14+/m1/s1. The molecule has 1 saturated carbocycles. The van der Waals surface area contributed by atoms with Crippen LogP contribution in [-0.4, -0.2) is 22.4 Å². The lowest BCUT2D eigenvalue weighted by Gasteiger charge is -2.17. The minimum atomic E-state index is -1.62. The molecule has 150 valence electrons. The van der Waals surface area contributed by atoms with Crippen LogP contribution in [0.1, 0.15) is 42.5 Å². The highest BCUT2D eigenvalue weighted by molar-refractivity contribution is 8.00. The summed E-state index contributed by atoms with van der Waals surface area (Å²) in [6.07, 6.45) is 3.57. The summed E-state index contributed by atoms with van der Waals surface area (Å²) in [5.41, 5.74) is -0.143. The van der Waals surface area contributed by atoms with E-state index in [9.17, 15) is 27.5 Å². The van der Waals surface area contributed by atoms with Crippen LogP contribution in [0.3, 0.4) is 0 Å². The van der Waals surface area contributed by atoms with Gasteiger partial charge in [0.05, 0.1) is 6.10 Å². The number of hydrogen-bond acceptors (Lipinski definition) is 3. The molecule has 2 atom stereocenters. The average Bonchev–Trinajstić information content (AvgIpc) is 2.85. The number of aliphatic hydroxyl groups is 1. The van der Waals surface area contributed by atoms with E-state index in [0.717, 1.165) is 31.7 Å². The first-order chi connectivity index (χ1) is 13.3. The first kappa shape index (κ1) is 20.7. The fraction of sp³-hybridized carbons (Fsp3) is 0.350. The fourth-order valence-corrected chi connectivity index (χ4v) is 4.48. The third-order valence-electron chi connectivity index (χ3n) is 4.58. The molecule has 3 rings (SSSR count). The number of amides is 1. The molecular formula is C20H19F4NO2S. The maximum Gasteiger partial charge on any atom is 0.255 e. The predicted molar refractivity (Wildman–Crippen MR) is 99.4 cm³/mol. The van der Waals surface area contributed by atoms with E-state index in [1.807, 2.05) is 0 Å². The van der Waals surface area contributed by atoms with Gasteiger partial charge >= 0.3 is 0 Å². The van der Waals surface area contributed by atoms with Crippen LogP contribution in [0.25, 0.3) is 0 Å². The molecule has 1 aliphatic carbocycles. The van der Waals surface area contributed by atoms with E-state index < -0.39 is 35.3 Å². The molecule has 1 amide bonds. The second-order valence-electron chi connectivity index (χ2n) is 6.77. The van der Waals surface area contributed by atoms with Gasteiger partial charge in [-0.25, -0.2) is 17.6 Å². The van der Waals surface area contributed by atoms with E-state index in [1.54, 1.807) is 0 Å². The summed E-state index contributed by atoms with van der Waals surface area (Å²) in [7, 11) is 0. The zero-order chi connectivity index (χ0) is 20.3. The Morgan fingerprint density at radius 3 is 2.39 bits per heavy atom. The number of carbonyl (C=O) groups is 1. The lowest BCUT2D eigenvalue weighted by molar-refractivity contribution is 0.102. The summed E-state index contributed by atoms with van der Waals surface area (Å²) in [4.78, 5) is 12.6. The van der Waals surface area contributed by atoms with E-state index in [-0.39, 0.29) is 21.4 Å². The number of nitrogens with one attached hydrogen (secondary N) is 1. The second kappa shape index (κ2) is 8.96. The quantitative estimate of drug-likeness (QED) is 0.407. The fourth-order valence-electron chi connectivity index (χ4n) is 3.14. The molecule has 8 heteroatoms. The van der Waals surface area contributed by atoms with Gasteiger partial charge in [-0.1, -0.05) is 12.8 Å². The van der Waals surface area contributed by atoms with Gasteiger partial charge in [-0.15, -0.1) is 11.8 Å². The minimum Gasteiger partial charge on any atom is -0.393 e. The third-order valence-corrected chi connectivity index (χ3v) is 5.91. The Kier molecular flexibility index (Phi) is 6.61. The van der Waals surface area contributed by atoms with Crippen molar-refractivity contribution in [2.75, 3.05) is 5.32 Å². The van der Waals surface area contributed by atoms with Crippen molar-refractivity contribution in [3.05, 3.63) is 59.2 Å². The van der Waals surface area contributed by atoms with Crippen LogP contribution in [0.4, 0.5) is 23.2 Å². The van der Waals surface area contributed by atoms with Crippen molar-refractivity contribution in [1.82, 2.24) is 0 Å². The van der Waals surface area contributed by atoms with E-state index >= 15 is 0 Å². The lowest BCUT2D eigenvalue weighted by Crippen LogP contribution is -2.14. The zero-order valence-electron chi connectivity index (χ0n) is 14.9. The third kappa shape index (κ3) is 5.05. The molecule has 0 radical (unpaired) electrons. The largest absolute Gasteiger partial charge is 0.393 e. The summed E-state index contributed by atoms with van der Waals surface area (Å²) in [6, 6.07) is 5.11. The number of anilines is 1. The molecule has 0 unspecified atom stereocenters. The van der Waals surface area contributed by atoms with Crippen LogP contribution in [-0.2, 0) is 0 Å². The number of rotatable bonds is 4. The highest BCUT2D eigenvalue weighted by atomic mass is 32.2. The minimum absolute atomic E-state index is 0.0330. The number of thioether (sulfide) groups is 1. The van der Waals surface area contributed by atoms with Crippen LogP contribution >= 0.6 is 11.8 Å². The van der Waals surface area contributed by atoms with E-state index in [4.69, 9.17) is 0 Å². The monoisotopic (exact) mass is 413 g/mol. The maximum absolute atomic E-state index is 14.2. The predicted octanol–water partition coefficient (Wildman–Crippen LogP) is 5.28. The van der Waals surface area contributed by atoms with Crippen molar-refractivity contribution in [1.29, 1.82) is 0 Å². The van der Waals surface area contributed by atoms with Crippen LogP contribution in [0.2, 0.25) is 0 Å². The van der Waals surface area contributed by atoms with Gasteiger partial charge in [0.2, 0.25) is 0 Å². The smallest absolute Gasteiger partial charge is 0.255 e. The average molecular weight is 413 g/mol. The molecule has 2 aromatic carbocycles. The Labute approximate surface area is 164 Å². The molecule has 2 aromatic rings. The Morgan fingerprint density at radius 1 is 1.00 bits per heavy atom. The lowest BCUT2D eigenvalue weighted by atomic mass is 10.2. The van der Waals surface area contributed by atoms with Crippen molar-refractivity contribution < 1.29 is 27.5 Å². The second-order valence-corrected chi connectivity index (χ2v) is 8.11. The van der Waals surface area contributed by atoms with Gasteiger partial charge in [-0.2, -0.15) is 0 Å². The first-order valence-electron chi connectivity index (χ1n) is 8.93. The molecule has 0 bridgehead atoms. The van der Waals surface area contributed by atoms with Crippen molar-refractivity contribution in [3.8, 4) is 0 Å². The molecule has 2 N–H and O–H groups in total. The molecule has 1 fully saturated rings. The summed E-state index contributed by atoms with van der Waals surface area (Å²) < 4.78 is 53.8. The van der Waals surface area contributed by atoms with Crippen LogP contribution < -0.4 is 5.32 Å². The summed E-state index contributed by atoms with van der Waals surface area (Å²) in [5.74, 6) is -5.65. The van der Waals surface area contributed by atoms with Gasteiger partial charge in [0.25, 0.3) is 5.91 Å². The molecule has 0 spiro atoms. The van der Waals surface area contributed by atoms with Crippen molar-refractivity contribution >= 4 is 23.4 Å². The van der Waals surface area contributed by atoms with Gasteiger partial charge in [0.15, 0.2) is 17.5 Å². The van der Waals surface area contributed by atoms with Crippen molar-refractivity contribution in [2.45, 2.75) is 48.4 Å². The highest BCUT2D eigenvalue weighted by Gasteiger charge is 2.21. The molecule has 0 saturated heterocycles. The van der Waals surface area contributed by atoms with Gasteiger partial charge in [-0.3, -0.25) is 4.79 Å². The zero-order valence-corrected chi connectivity index (χ0v) is 15.7. The normalized spacial score (nSPS) is 19.9. The van der Waals surface area contributed by atoms with Gasteiger partial charge in [0.1, 0.15) is 5.82 Å². The van der Waals surface area contributed by atoms with Crippen molar-refractivity contribution in [3.63, 3.8) is 0 Å². The maximum atomic E-state index is 14.2. The molecule has 0 heterocycles. The Bertz CT molecular complexity index is 854. The Hall–Kier alpha value is -2.06. The van der Waals surface area contributed by atoms with Crippen LogP contribution in [0.15, 0.2) is 35.2 Å². The summed E-state index contributed by atoms with van der Waals surface area (Å²) in [6.45, 7) is 0. The molecule has 0 aromatic heterocycles. The number of hydrogen-bond donors (Lipinski definition) is 2. The van der Waals surface area contributed by atoms with Crippen LogP contribution in [0, 0.1) is 23.3 Å². The number of benzene rings is 2.